The van der Waals surface area contributed by atoms with Crippen LogP contribution < -0.4 is 0 Å². The van der Waals surface area contributed by atoms with Gasteiger partial charge in [0.05, 0.1) is 23.8 Å². The number of hydrazone groups is 1. The molecule has 4 heterocycles. The lowest BCUT2D eigenvalue weighted by atomic mass is 10.1. The fourth-order valence-corrected chi connectivity index (χ4v) is 3.30. The topological polar surface area (TPSA) is 120 Å². The number of hydrogen-bond donors (Lipinski definition) is 0. The maximum Gasteiger partial charge on any atom is 0.404 e. The normalized spacial score (nSPS) is 16.6. The van der Waals surface area contributed by atoms with Gasteiger partial charge in [-0.05, 0) is 45.1 Å². The quantitative estimate of drug-likeness (QED) is 0.450. The highest BCUT2D eigenvalue weighted by molar-refractivity contribution is 9.10. The van der Waals surface area contributed by atoms with Crippen molar-refractivity contribution >= 4 is 33.4 Å². The molecule has 11 heteroatoms. The molecule has 1 aliphatic heterocycles. The summed E-state index contributed by atoms with van der Waals surface area (Å²) >= 11 is 3.07. The van der Waals surface area contributed by atoms with Crippen LogP contribution in [0.1, 0.15) is 24.0 Å². The zero-order chi connectivity index (χ0) is 19.0. The van der Waals surface area contributed by atoms with Crippen LogP contribution in [0.2, 0.25) is 0 Å². The number of aromatic nitrogens is 2. The molecular formula is C16H12BrN5O5. The van der Waals surface area contributed by atoms with Crippen LogP contribution in [-0.4, -0.2) is 31.3 Å². The molecule has 0 spiro atoms. The number of rotatable bonds is 5. The monoisotopic (exact) mass is 433 g/mol. The zero-order valence-electron chi connectivity index (χ0n) is 13.7. The summed E-state index contributed by atoms with van der Waals surface area (Å²) in [4.78, 5) is 23.1. The largest absolute Gasteiger partial charge is 0.467 e. The number of nitrogens with zero attached hydrogens (tertiary/aromatic N) is 5. The molecule has 1 aliphatic rings. The second kappa shape index (κ2) is 6.83. The predicted octanol–water partition coefficient (Wildman–Crippen LogP) is 3.12. The molecule has 0 radical (unpaired) electrons. The molecule has 0 N–H and O–H groups in total. The first-order chi connectivity index (χ1) is 13.0. The summed E-state index contributed by atoms with van der Waals surface area (Å²) in [6.45, 7) is -0.210. The Bertz CT molecular complexity index is 1010. The van der Waals surface area contributed by atoms with Crippen molar-refractivity contribution in [1.29, 1.82) is 0 Å². The van der Waals surface area contributed by atoms with E-state index in [2.05, 4.69) is 26.1 Å². The Kier molecular flexibility index (Phi) is 4.36. The Hall–Kier alpha value is -3.21. The molecule has 138 valence electrons. The Morgan fingerprint density at radius 1 is 1.33 bits per heavy atom. The minimum atomic E-state index is -0.625. The summed E-state index contributed by atoms with van der Waals surface area (Å²) < 4.78 is 12.2. The molecule has 27 heavy (non-hydrogen) atoms. The molecule has 0 fully saturated rings. The van der Waals surface area contributed by atoms with Crippen molar-refractivity contribution in [3.8, 4) is 0 Å². The van der Waals surface area contributed by atoms with E-state index in [0.717, 1.165) is 0 Å². The minimum Gasteiger partial charge on any atom is -0.467 e. The number of furan rings is 2. The van der Waals surface area contributed by atoms with Crippen molar-refractivity contribution in [2.45, 2.75) is 19.0 Å². The highest BCUT2D eigenvalue weighted by atomic mass is 79.9. The van der Waals surface area contributed by atoms with Crippen molar-refractivity contribution < 1.29 is 18.6 Å². The van der Waals surface area contributed by atoms with Gasteiger partial charge in [0.25, 0.3) is 5.91 Å². The minimum absolute atomic E-state index is 0.198. The van der Waals surface area contributed by atoms with Crippen molar-refractivity contribution in [3.05, 3.63) is 69.1 Å². The number of hydrogen-bond acceptors (Lipinski definition) is 7. The van der Waals surface area contributed by atoms with Gasteiger partial charge in [0.15, 0.2) is 0 Å². The van der Waals surface area contributed by atoms with E-state index in [1.54, 1.807) is 24.3 Å². The van der Waals surface area contributed by atoms with E-state index in [1.165, 1.54) is 28.4 Å². The summed E-state index contributed by atoms with van der Waals surface area (Å²) in [5.74, 6) is 0.412. The molecule has 0 aliphatic carbocycles. The van der Waals surface area contributed by atoms with Crippen LogP contribution in [-0.2, 0) is 11.3 Å². The molecular weight excluding hydrogens is 422 g/mol. The smallest absolute Gasteiger partial charge is 0.404 e. The maximum atomic E-state index is 12.8. The molecule has 3 aromatic heterocycles. The maximum absolute atomic E-state index is 12.8. The van der Waals surface area contributed by atoms with E-state index in [4.69, 9.17) is 8.83 Å². The van der Waals surface area contributed by atoms with E-state index in [1.807, 2.05) is 0 Å². The lowest BCUT2D eigenvalue weighted by molar-refractivity contribution is -0.390. The Balaban J connectivity index is 1.61. The third-order valence-corrected chi connectivity index (χ3v) is 4.57. The van der Waals surface area contributed by atoms with E-state index in [-0.39, 0.29) is 22.7 Å². The van der Waals surface area contributed by atoms with Gasteiger partial charge in [0.2, 0.25) is 0 Å². The van der Waals surface area contributed by atoms with Crippen molar-refractivity contribution in [2.75, 3.05) is 0 Å². The number of nitro groups is 1. The third-order valence-electron chi connectivity index (χ3n) is 4.01. The Morgan fingerprint density at radius 2 is 2.11 bits per heavy atom. The van der Waals surface area contributed by atoms with E-state index in [0.29, 0.717) is 23.7 Å². The molecule has 0 saturated heterocycles. The van der Waals surface area contributed by atoms with Crippen molar-refractivity contribution in [1.82, 2.24) is 14.8 Å². The molecule has 1 unspecified atom stereocenters. The van der Waals surface area contributed by atoms with Crippen LogP contribution in [0.3, 0.4) is 0 Å². The van der Waals surface area contributed by atoms with E-state index in [9.17, 15) is 14.9 Å². The molecule has 0 saturated carbocycles. The lowest BCUT2D eigenvalue weighted by Gasteiger charge is -2.19. The second-order valence-corrected chi connectivity index (χ2v) is 6.61. The molecule has 0 aromatic carbocycles. The second-order valence-electron chi connectivity index (χ2n) is 5.75. The number of halogens is 1. The van der Waals surface area contributed by atoms with Gasteiger partial charge in [-0.2, -0.15) is 9.78 Å². The first kappa shape index (κ1) is 17.2. The number of carbonyl (C=O) groups is 1. The van der Waals surface area contributed by atoms with Crippen LogP contribution in [0.5, 0.6) is 0 Å². The molecule has 10 nitrogen and oxygen atoms in total. The fourth-order valence-electron chi connectivity index (χ4n) is 2.84. The SMILES string of the molecule is O=C(Cn1cc(Br)c([N+](=O)[O-])n1)N1N=C(c2ccco2)CC1c1ccco1. The lowest BCUT2D eigenvalue weighted by Crippen LogP contribution is -2.30. The average Bonchev–Trinajstić information content (AvgIpc) is 3.40. The van der Waals surface area contributed by atoms with Crippen LogP contribution >= 0.6 is 15.9 Å². The first-order valence-electron chi connectivity index (χ1n) is 7.87. The third kappa shape index (κ3) is 3.28. The van der Waals surface area contributed by atoms with Crippen molar-refractivity contribution in [3.63, 3.8) is 0 Å². The highest BCUT2D eigenvalue weighted by Gasteiger charge is 2.36. The van der Waals surface area contributed by atoms with Gasteiger partial charge in [-0.25, -0.2) is 5.01 Å². The van der Waals surface area contributed by atoms with Gasteiger partial charge >= 0.3 is 5.82 Å². The van der Waals surface area contributed by atoms with Gasteiger partial charge in [-0.1, -0.05) is 0 Å². The highest BCUT2D eigenvalue weighted by Crippen LogP contribution is 2.33. The summed E-state index contributed by atoms with van der Waals surface area (Å²) in [6.07, 6.45) is 4.86. The standard InChI is InChI=1S/C16H12BrN5O5/c17-10-8-20(19-16(10)22(24)25)9-15(23)21-12(14-4-2-6-27-14)7-11(18-21)13-3-1-5-26-13/h1-6,8,12H,7,9H2. The zero-order valence-corrected chi connectivity index (χ0v) is 15.3. The molecule has 1 amide bonds. The molecule has 4 rings (SSSR count). The van der Waals surface area contributed by atoms with Gasteiger partial charge in [-0.15, -0.1) is 0 Å². The number of carbonyl (C=O) groups excluding carboxylic acids is 1. The van der Waals surface area contributed by atoms with Gasteiger partial charge in [0.1, 0.15) is 34.3 Å². The summed E-state index contributed by atoms with van der Waals surface area (Å²) in [6, 6.07) is 6.57. The van der Waals surface area contributed by atoms with Crippen LogP contribution in [0.4, 0.5) is 5.82 Å². The van der Waals surface area contributed by atoms with Crippen LogP contribution in [0.15, 0.2) is 61.4 Å². The Labute approximate surface area is 160 Å². The van der Waals surface area contributed by atoms with Crippen LogP contribution in [0, 0.1) is 10.1 Å². The molecule has 1 atom stereocenters. The fraction of sp³-hybridized carbons (Fsp3) is 0.188. The summed E-state index contributed by atoms with van der Waals surface area (Å²) in [7, 11) is 0. The van der Waals surface area contributed by atoms with Gasteiger partial charge < -0.3 is 18.9 Å². The van der Waals surface area contributed by atoms with Crippen molar-refractivity contribution in [2.24, 2.45) is 5.10 Å². The Morgan fingerprint density at radius 3 is 2.74 bits per heavy atom. The van der Waals surface area contributed by atoms with Gasteiger partial charge in [-0.3, -0.25) is 4.79 Å². The number of amides is 1. The van der Waals surface area contributed by atoms with Gasteiger partial charge in [0, 0.05) is 6.42 Å². The summed E-state index contributed by atoms with van der Waals surface area (Å²) in [5, 5.41) is 20.4. The summed E-state index contributed by atoms with van der Waals surface area (Å²) in [5.41, 5.74) is 0.613. The van der Waals surface area contributed by atoms with Crippen LogP contribution in [0.25, 0.3) is 0 Å². The first-order valence-corrected chi connectivity index (χ1v) is 8.66. The van der Waals surface area contributed by atoms with E-state index >= 15 is 0 Å². The molecule has 3 aromatic rings. The average molecular weight is 434 g/mol. The predicted molar refractivity (Wildman–Crippen MR) is 94.7 cm³/mol. The van der Waals surface area contributed by atoms with E-state index < -0.39 is 11.0 Å². The molecule has 0 bridgehead atoms.